The lowest BCUT2D eigenvalue weighted by atomic mass is 10.0. The van der Waals surface area contributed by atoms with Crippen LogP contribution in [0.25, 0.3) is 0 Å². The summed E-state index contributed by atoms with van der Waals surface area (Å²) < 4.78 is 50.4. The van der Waals surface area contributed by atoms with Crippen molar-refractivity contribution in [2.24, 2.45) is 0 Å². The summed E-state index contributed by atoms with van der Waals surface area (Å²) in [6.07, 6.45) is 1.88. The lowest BCUT2D eigenvalue weighted by molar-refractivity contribution is 0.171. The van der Waals surface area contributed by atoms with Gasteiger partial charge in [0.25, 0.3) is 0 Å². The topological polar surface area (TPSA) is 109 Å². The van der Waals surface area contributed by atoms with Crippen molar-refractivity contribution in [2.45, 2.75) is 147 Å². The Labute approximate surface area is 452 Å². The Morgan fingerprint density at radius 1 is 0.324 bits per heavy atom. The van der Waals surface area contributed by atoms with E-state index < -0.39 is 0 Å². The van der Waals surface area contributed by atoms with Gasteiger partial charge in [-0.1, -0.05) is 220 Å². The van der Waals surface area contributed by atoms with Gasteiger partial charge in [-0.15, -0.1) is 0 Å². The van der Waals surface area contributed by atoms with Gasteiger partial charge >= 0.3 is 0 Å². The summed E-state index contributed by atoms with van der Waals surface area (Å²) in [4.78, 5) is 0. The predicted octanol–water partition coefficient (Wildman–Crippen LogP) is 15.8. The molecule has 5 aliphatic heterocycles. The molecule has 5 unspecified atom stereocenters. The third kappa shape index (κ3) is 47.0. The first-order valence-corrected chi connectivity index (χ1v) is 27.0. The monoisotopic (exact) mass is 1030 g/mol. The summed E-state index contributed by atoms with van der Waals surface area (Å²) in [5, 5.41) is 0. The van der Waals surface area contributed by atoms with Crippen LogP contribution in [0.3, 0.4) is 0 Å². The molecule has 0 aromatic heterocycles. The molecule has 5 saturated heterocycles. The van der Waals surface area contributed by atoms with Crippen molar-refractivity contribution < 1.29 is 47.4 Å². The zero-order valence-electron chi connectivity index (χ0n) is 48.1. The molecule has 74 heavy (non-hydrogen) atoms. The number of hydrogen-bond acceptors (Lipinski definition) is 10. The van der Waals surface area contributed by atoms with E-state index in [1.165, 1.54) is 11.1 Å². The molecule has 0 aliphatic carbocycles. The van der Waals surface area contributed by atoms with Crippen molar-refractivity contribution in [1.29, 1.82) is 0 Å². The Hall–Kier alpha value is -4.78. The summed E-state index contributed by atoms with van der Waals surface area (Å²) in [5.41, 5.74) is 2.83. The van der Waals surface area contributed by atoms with Gasteiger partial charge in [0.2, 0.25) is 0 Å². The van der Waals surface area contributed by atoms with E-state index in [-0.39, 0.29) is 7.43 Å². The first-order chi connectivity index (χ1) is 35.8. The van der Waals surface area contributed by atoms with Gasteiger partial charge in [0.05, 0.1) is 46.2 Å². The third-order valence-corrected chi connectivity index (χ3v) is 9.19. The molecule has 10 rings (SSSR count). The minimum Gasteiger partial charge on any atom is -0.491 e. The number of hydrogen-bond donors (Lipinski definition) is 0. The van der Waals surface area contributed by atoms with E-state index in [0.717, 1.165) is 63.5 Å². The summed E-state index contributed by atoms with van der Waals surface area (Å²) in [6.45, 7) is 36.8. The van der Waals surface area contributed by atoms with Gasteiger partial charge in [-0.25, -0.2) is 0 Å². The molecule has 5 aliphatic rings. The van der Waals surface area contributed by atoms with E-state index in [1.807, 2.05) is 172 Å². The molecule has 0 radical (unpaired) electrons. The predicted molar refractivity (Wildman–Crippen MR) is 313 cm³/mol. The highest BCUT2D eigenvalue weighted by atomic mass is 16.6. The van der Waals surface area contributed by atoms with E-state index >= 15 is 0 Å². The van der Waals surface area contributed by atoms with Gasteiger partial charge in [0.15, 0.2) is 0 Å². The summed E-state index contributed by atoms with van der Waals surface area (Å²) >= 11 is 0. The quantitative estimate of drug-likeness (QED) is 0.0941. The van der Waals surface area contributed by atoms with E-state index in [1.54, 1.807) is 14.2 Å². The van der Waals surface area contributed by atoms with Crippen molar-refractivity contribution in [3.05, 3.63) is 163 Å². The SMILES string of the molecule is C.CC.CC.CC.CC.CC.CC(C)c1ccccc1.CC(C)c1ccccc1.COCC1CO1.COCC1CO1.c1ccc(OCC2CO2)cc1.c1ccc(OCC2CO2)cc1.c1ccc(OCC2CO2)cc1. The second-order valence-electron chi connectivity index (χ2n) is 15.7. The van der Waals surface area contributed by atoms with Crippen LogP contribution < -0.4 is 14.2 Å². The molecular weight excluding hydrogens is 929 g/mol. The molecule has 0 amide bonds. The normalized spacial score (nSPS) is 17.3. The highest BCUT2D eigenvalue weighted by Gasteiger charge is 2.24. The number of benzene rings is 5. The summed E-state index contributed by atoms with van der Waals surface area (Å²) in [7, 11) is 3.36. The fourth-order valence-corrected chi connectivity index (χ4v) is 4.99. The van der Waals surface area contributed by atoms with E-state index in [4.69, 9.17) is 47.4 Å². The molecule has 5 aromatic rings. The smallest absolute Gasteiger partial charge is 0.119 e. The number of rotatable bonds is 15. The number of epoxide rings is 5. The molecule has 5 aromatic carbocycles. The minimum absolute atomic E-state index is 0. The van der Waals surface area contributed by atoms with Crippen LogP contribution >= 0.6 is 0 Å². The zero-order valence-corrected chi connectivity index (χ0v) is 48.1. The molecule has 5 fully saturated rings. The molecule has 420 valence electrons. The van der Waals surface area contributed by atoms with Crippen molar-refractivity contribution in [2.75, 3.05) is 80.3 Å². The second kappa shape index (κ2) is 53.1. The minimum atomic E-state index is 0. The van der Waals surface area contributed by atoms with Crippen LogP contribution in [0.1, 0.15) is 127 Å². The Kier molecular flexibility index (Phi) is 52.7. The van der Waals surface area contributed by atoms with Crippen LogP contribution in [0.5, 0.6) is 17.2 Å². The van der Waals surface area contributed by atoms with E-state index in [9.17, 15) is 0 Å². The Morgan fingerprint density at radius 2 is 0.500 bits per heavy atom. The second-order valence-corrected chi connectivity index (χ2v) is 15.7. The average Bonchev–Trinajstić information content (AvgIpc) is 4.25. The van der Waals surface area contributed by atoms with Crippen molar-refractivity contribution >= 4 is 0 Å². The molecule has 5 heterocycles. The molecular formula is C64H104O10. The van der Waals surface area contributed by atoms with Crippen LogP contribution in [-0.2, 0) is 33.2 Å². The molecule has 0 N–H and O–H groups in total. The Bertz CT molecular complexity index is 1600. The van der Waals surface area contributed by atoms with Crippen LogP contribution in [0, 0.1) is 0 Å². The maximum atomic E-state index is 5.40. The molecule has 0 saturated carbocycles. The lowest BCUT2D eigenvalue weighted by Crippen LogP contribution is -2.03. The van der Waals surface area contributed by atoms with Crippen molar-refractivity contribution in [1.82, 2.24) is 0 Å². The highest BCUT2D eigenvalue weighted by Crippen LogP contribution is 2.17. The van der Waals surface area contributed by atoms with Gasteiger partial charge in [-0.2, -0.15) is 0 Å². The molecule has 5 atom stereocenters. The van der Waals surface area contributed by atoms with Crippen LogP contribution in [0.4, 0.5) is 0 Å². The standard InChI is InChI=1S/3C9H10O2.2C9H12.2C4H8O2.5C2H6.CH4/c3*1-2-4-8(5-3-1)10-6-9-7-11-9;2*1-8(2)9-6-4-3-5-7-9;2*1-5-2-4-3-6-4;5*1-2;/h3*1-5,9H,6-7H2;2*3-8H,1-2H3;2*4H,2-3H2,1H3;5*1-2H3;1H4. The molecule has 0 spiro atoms. The number of methoxy groups -OCH3 is 2. The Morgan fingerprint density at radius 3 is 0.635 bits per heavy atom. The van der Waals surface area contributed by atoms with Crippen molar-refractivity contribution in [3.8, 4) is 17.2 Å². The van der Waals surface area contributed by atoms with Gasteiger partial charge < -0.3 is 47.4 Å². The van der Waals surface area contributed by atoms with E-state index in [0.29, 0.717) is 62.2 Å². The molecule has 10 heteroatoms. The summed E-state index contributed by atoms with van der Waals surface area (Å²) in [5.74, 6) is 4.08. The third-order valence-electron chi connectivity index (χ3n) is 9.19. The first kappa shape index (κ1) is 73.5. The molecule has 0 bridgehead atoms. The zero-order chi connectivity index (χ0) is 54.7. The van der Waals surface area contributed by atoms with Gasteiger partial charge in [0, 0.05) is 14.2 Å². The van der Waals surface area contributed by atoms with Crippen LogP contribution in [0.2, 0.25) is 0 Å². The maximum Gasteiger partial charge on any atom is 0.119 e. The maximum absolute atomic E-state index is 5.40. The fourth-order valence-electron chi connectivity index (χ4n) is 4.99. The summed E-state index contributed by atoms with van der Waals surface area (Å²) in [6, 6.07) is 50.4. The average molecular weight is 1030 g/mol. The van der Waals surface area contributed by atoms with Crippen molar-refractivity contribution in [3.63, 3.8) is 0 Å². The fraction of sp³-hybridized carbons (Fsp3) is 0.531. The highest BCUT2D eigenvalue weighted by molar-refractivity contribution is 5.23. The van der Waals surface area contributed by atoms with Crippen LogP contribution in [-0.4, -0.2) is 111 Å². The van der Waals surface area contributed by atoms with Gasteiger partial charge in [0.1, 0.15) is 67.6 Å². The number of para-hydroxylation sites is 3. The van der Waals surface area contributed by atoms with E-state index in [2.05, 4.69) is 76.2 Å². The van der Waals surface area contributed by atoms with Crippen LogP contribution in [0.15, 0.2) is 152 Å². The lowest BCUT2D eigenvalue weighted by Gasteiger charge is -2.01. The first-order valence-electron chi connectivity index (χ1n) is 27.0. The van der Waals surface area contributed by atoms with Gasteiger partial charge in [-0.3, -0.25) is 0 Å². The Balaban J connectivity index is -0.000000777. The van der Waals surface area contributed by atoms with Gasteiger partial charge in [-0.05, 0) is 59.4 Å². The number of ether oxygens (including phenoxy) is 10. The molecule has 10 nitrogen and oxygen atoms in total. The largest absolute Gasteiger partial charge is 0.491 e.